The lowest BCUT2D eigenvalue weighted by molar-refractivity contribution is -0.122. The Labute approximate surface area is 136 Å². The second-order valence-corrected chi connectivity index (χ2v) is 8.56. The summed E-state index contributed by atoms with van der Waals surface area (Å²) < 4.78 is 0. The molecule has 5 unspecified atom stereocenters. The van der Waals surface area contributed by atoms with Crippen LogP contribution in [0.2, 0.25) is 0 Å². The Hall–Kier alpha value is -0.600. The fourth-order valence-electron chi connectivity index (χ4n) is 5.68. The summed E-state index contributed by atoms with van der Waals surface area (Å²) in [4.78, 5) is 0. The van der Waals surface area contributed by atoms with Crippen LogP contribution in [0.5, 0.6) is 0 Å². The maximum absolute atomic E-state index is 10.7. The molecule has 0 aliphatic heterocycles. The Bertz CT molecular complexity index is 425. The Morgan fingerprint density at radius 1 is 1.32 bits per heavy atom. The summed E-state index contributed by atoms with van der Waals surface area (Å²) in [6, 6.07) is 0. The van der Waals surface area contributed by atoms with Crippen LogP contribution in [-0.2, 0) is 0 Å². The molecule has 22 heavy (non-hydrogen) atoms. The van der Waals surface area contributed by atoms with E-state index in [1.165, 1.54) is 24.8 Å². The summed E-state index contributed by atoms with van der Waals surface area (Å²) in [5.74, 6) is 0.751. The van der Waals surface area contributed by atoms with Gasteiger partial charge in [-0.2, -0.15) is 0 Å². The lowest BCUT2D eigenvalue weighted by atomic mass is 9.46. The highest BCUT2D eigenvalue weighted by Crippen LogP contribution is 2.61. The summed E-state index contributed by atoms with van der Waals surface area (Å²) in [5.41, 5.74) is 1.49. The summed E-state index contributed by atoms with van der Waals surface area (Å²) >= 11 is 0. The average molecular weight is 306 g/mol. The number of aliphatic hydroxyl groups is 2. The van der Waals surface area contributed by atoms with E-state index < -0.39 is 0 Å². The molecule has 2 aliphatic rings. The molecule has 0 bridgehead atoms. The van der Waals surface area contributed by atoms with Gasteiger partial charge in [-0.15, -0.1) is 6.58 Å². The first-order valence-corrected chi connectivity index (χ1v) is 8.87. The van der Waals surface area contributed by atoms with Crippen molar-refractivity contribution in [3.8, 4) is 0 Å². The van der Waals surface area contributed by atoms with E-state index >= 15 is 0 Å². The van der Waals surface area contributed by atoms with Crippen LogP contribution < -0.4 is 0 Å². The normalized spacial score (nSPS) is 39.1. The third-order valence-corrected chi connectivity index (χ3v) is 6.46. The van der Waals surface area contributed by atoms with Crippen molar-refractivity contribution in [2.45, 2.75) is 77.9 Å². The van der Waals surface area contributed by atoms with E-state index in [2.05, 4.69) is 33.9 Å². The molecule has 5 atom stereocenters. The van der Waals surface area contributed by atoms with Gasteiger partial charge in [-0.1, -0.05) is 45.4 Å². The summed E-state index contributed by atoms with van der Waals surface area (Å²) in [7, 11) is 0. The molecule has 2 saturated carbocycles. The SMILES string of the molecule is C=CCC(O)CCC1C(=C)CC(O)C2C(C)(C)CCCC12C. The highest BCUT2D eigenvalue weighted by molar-refractivity contribution is 5.18. The first-order valence-electron chi connectivity index (χ1n) is 8.87. The average Bonchev–Trinajstić information content (AvgIpc) is 2.36. The van der Waals surface area contributed by atoms with E-state index in [4.69, 9.17) is 0 Å². The molecule has 2 fully saturated rings. The zero-order valence-corrected chi connectivity index (χ0v) is 14.6. The molecule has 2 N–H and O–H groups in total. The molecule has 0 radical (unpaired) electrons. The van der Waals surface area contributed by atoms with Gasteiger partial charge in [0.15, 0.2) is 0 Å². The van der Waals surface area contributed by atoms with Crippen molar-refractivity contribution in [2.75, 3.05) is 0 Å². The van der Waals surface area contributed by atoms with Crippen LogP contribution in [-0.4, -0.2) is 22.4 Å². The minimum Gasteiger partial charge on any atom is -0.393 e. The molecule has 2 nitrogen and oxygen atoms in total. The maximum atomic E-state index is 10.7. The Morgan fingerprint density at radius 3 is 2.64 bits per heavy atom. The highest BCUT2D eigenvalue weighted by Gasteiger charge is 2.56. The number of fused-ring (bicyclic) bond motifs is 1. The van der Waals surface area contributed by atoms with Crippen molar-refractivity contribution in [1.29, 1.82) is 0 Å². The molecule has 0 spiro atoms. The van der Waals surface area contributed by atoms with Gasteiger partial charge in [-0.25, -0.2) is 0 Å². The van der Waals surface area contributed by atoms with Gasteiger partial charge in [0, 0.05) is 0 Å². The van der Waals surface area contributed by atoms with Gasteiger partial charge < -0.3 is 10.2 Å². The van der Waals surface area contributed by atoms with Gasteiger partial charge in [-0.05, 0) is 61.2 Å². The van der Waals surface area contributed by atoms with Crippen LogP contribution in [0.15, 0.2) is 24.8 Å². The molecule has 0 aromatic heterocycles. The lowest BCUT2D eigenvalue weighted by Gasteiger charge is -2.59. The summed E-state index contributed by atoms with van der Waals surface area (Å²) in [6.07, 6.45) is 7.99. The molecule has 0 aromatic carbocycles. The topological polar surface area (TPSA) is 40.5 Å². The van der Waals surface area contributed by atoms with Crippen molar-refractivity contribution in [2.24, 2.45) is 22.7 Å². The Morgan fingerprint density at radius 2 is 2.00 bits per heavy atom. The lowest BCUT2D eigenvalue weighted by Crippen LogP contribution is -2.55. The minimum absolute atomic E-state index is 0.115. The van der Waals surface area contributed by atoms with Gasteiger partial charge in [0.1, 0.15) is 0 Å². The molecule has 0 aromatic rings. The smallest absolute Gasteiger partial charge is 0.0615 e. The largest absolute Gasteiger partial charge is 0.393 e. The highest BCUT2D eigenvalue weighted by atomic mass is 16.3. The molecular formula is C20H34O2. The van der Waals surface area contributed by atoms with Gasteiger partial charge in [0.25, 0.3) is 0 Å². The third kappa shape index (κ3) is 3.19. The summed E-state index contributed by atoms with van der Waals surface area (Å²) in [6.45, 7) is 15.0. The standard InChI is InChI=1S/C20H34O2/c1-6-8-15(21)9-10-16-14(2)13-17(22)18-19(3,4)11-7-12-20(16,18)5/h6,15-18,21-22H,1-2,7-13H2,3-5H3. The van der Waals surface area contributed by atoms with Crippen molar-refractivity contribution >= 4 is 0 Å². The van der Waals surface area contributed by atoms with Crippen molar-refractivity contribution in [1.82, 2.24) is 0 Å². The maximum Gasteiger partial charge on any atom is 0.0615 e. The van der Waals surface area contributed by atoms with E-state index in [0.717, 1.165) is 19.3 Å². The molecule has 2 heteroatoms. The van der Waals surface area contributed by atoms with Crippen LogP contribution in [0.3, 0.4) is 0 Å². The fraction of sp³-hybridized carbons (Fsp3) is 0.800. The first-order chi connectivity index (χ1) is 10.2. The van der Waals surface area contributed by atoms with E-state index in [9.17, 15) is 10.2 Å². The fourth-order valence-corrected chi connectivity index (χ4v) is 5.68. The van der Waals surface area contributed by atoms with E-state index in [-0.39, 0.29) is 23.0 Å². The third-order valence-electron chi connectivity index (χ3n) is 6.46. The number of hydrogen-bond acceptors (Lipinski definition) is 2. The Kier molecular flexibility index (Phi) is 5.23. The number of aliphatic hydroxyl groups excluding tert-OH is 2. The molecule has 0 saturated heterocycles. The second kappa shape index (κ2) is 6.49. The zero-order chi connectivity index (χ0) is 16.5. The van der Waals surface area contributed by atoms with Crippen LogP contribution in [0.4, 0.5) is 0 Å². The van der Waals surface area contributed by atoms with Crippen molar-refractivity contribution in [3.05, 3.63) is 24.8 Å². The van der Waals surface area contributed by atoms with Crippen LogP contribution in [0.1, 0.15) is 65.7 Å². The molecule has 0 amide bonds. The van der Waals surface area contributed by atoms with Crippen molar-refractivity contribution in [3.63, 3.8) is 0 Å². The predicted molar refractivity (Wildman–Crippen MR) is 92.5 cm³/mol. The van der Waals surface area contributed by atoms with Gasteiger partial charge >= 0.3 is 0 Å². The minimum atomic E-state index is -0.296. The van der Waals surface area contributed by atoms with Crippen LogP contribution >= 0.6 is 0 Å². The monoisotopic (exact) mass is 306 g/mol. The number of hydrogen-bond donors (Lipinski definition) is 2. The molecule has 126 valence electrons. The molecule has 0 heterocycles. The van der Waals surface area contributed by atoms with Crippen LogP contribution in [0.25, 0.3) is 0 Å². The molecular weight excluding hydrogens is 272 g/mol. The van der Waals surface area contributed by atoms with Crippen molar-refractivity contribution < 1.29 is 10.2 Å². The summed E-state index contributed by atoms with van der Waals surface area (Å²) in [5, 5.41) is 20.8. The van der Waals surface area contributed by atoms with Crippen LogP contribution in [0, 0.1) is 22.7 Å². The van der Waals surface area contributed by atoms with Gasteiger partial charge in [-0.3, -0.25) is 0 Å². The molecule has 2 aliphatic carbocycles. The quantitative estimate of drug-likeness (QED) is 0.736. The van der Waals surface area contributed by atoms with Gasteiger partial charge in [0.05, 0.1) is 12.2 Å². The second-order valence-electron chi connectivity index (χ2n) is 8.56. The first kappa shape index (κ1) is 17.7. The number of rotatable bonds is 5. The molecule has 2 rings (SSSR count). The van der Waals surface area contributed by atoms with Gasteiger partial charge in [0.2, 0.25) is 0 Å². The van der Waals surface area contributed by atoms with E-state index in [0.29, 0.717) is 18.3 Å². The van der Waals surface area contributed by atoms with E-state index in [1.54, 1.807) is 6.08 Å². The predicted octanol–water partition coefficient (Wildman–Crippen LogP) is 4.47. The zero-order valence-electron chi connectivity index (χ0n) is 14.6. The Balaban J connectivity index is 2.20. The van der Waals surface area contributed by atoms with E-state index in [1.807, 2.05) is 0 Å².